The van der Waals surface area contributed by atoms with Crippen molar-refractivity contribution in [1.82, 2.24) is 0 Å². The van der Waals surface area contributed by atoms with Gasteiger partial charge in [-0.3, -0.25) is 4.99 Å². The summed E-state index contributed by atoms with van der Waals surface area (Å²) < 4.78 is 0.870. The maximum absolute atomic E-state index is 10.7. The molecule has 0 N–H and O–H groups in total. The first-order chi connectivity index (χ1) is 8.25. The fourth-order valence-corrected chi connectivity index (χ4v) is 1.59. The molecule has 0 bridgehead atoms. The fraction of sp³-hybridized carbons (Fsp3) is 0.0769. The maximum Gasteiger partial charge on any atom is 0.196 e. The molecule has 4 heteroatoms. The number of allylic oxidation sites excluding steroid dienone is 2. The van der Waals surface area contributed by atoms with Crippen molar-refractivity contribution in [1.29, 1.82) is 0 Å². The van der Waals surface area contributed by atoms with E-state index in [0.29, 0.717) is 6.54 Å². The first kappa shape index (κ1) is 11.6. The number of halogens is 1. The molecule has 2 aliphatic rings. The number of hydrogen-bond acceptors (Lipinski definition) is 2. The second kappa shape index (κ2) is 5.46. The van der Waals surface area contributed by atoms with Crippen molar-refractivity contribution in [2.45, 2.75) is 0 Å². The first-order valence-electron chi connectivity index (χ1n) is 5.19. The average Bonchev–Trinajstić information content (AvgIpc) is 2.78. The summed E-state index contributed by atoms with van der Waals surface area (Å²) in [6.07, 6.45) is 6.91. The number of hydroxylamine groups is 1. The van der Waals surface area contributed by atoms with E-state index in [2.05, 4.69) is 4.99 Å². The molecule has 0 saturated heterocycles. The highest BCUT2D eigenvalue weighted by Crippen LogP contribution is 2.10. The molecule has 0 amide bonds. The third kappa shape index (κ3) is 3.29. The number of fused-ring (bicyclic) bond motifs is 1. The molecule has 86 valence electrons. The molecule has 0 fully saturated rings. The highest BCUT2D eigenvalue weighted by Gasteiger charge is 2.15. The zero-order valence-corrected chi connectivity index (χ0v) is 9.84. The van der Waals surface area contributed by atoms with Crippen molar-refractivity contribution >= 4 is 23.5 Å². The smallest absolute Gasteiger partial charge is 0.196 e. The Labute approximate surface area is 105 Å². The van der Waals surface area contributed by atoms with E-state index in [1.807, 2.05) is 36.4 Å². The van der Waals surface area contributed by atoms with Crippen LogP contribution in [0.1, 0.15) is 0 Å². The van der Waals surface area contributed by atoms with Crippen LogP contribution in [0.2, 0.25) is 5.02 Å². The van der Waals surface area contributed by atoms with Crippen LogP contribution in [0, 0.1) is 5.21 Å². The van der Waals surface area contributed by atoms with E-state index in [4.69, 9.17) is 11.6 Å². The Morgan fingerprint density at radius 3 is 2.65 bits per heavy atom. The zero-order valence-electron chi connectivity index (χ0n) is 9.08. The first-order valence-corrected chi connectivity index (χ1v) is 5.56. The van der Waals surface area contributed by atoms with Crippen LogP contribution < -0.4 is 0 Å². The normalized spacial score (nSPS) is 16.2. The van der Waals surface area contributed by atoms with Crippen LogP contribution in [-0.2, 0) is 0 Å². The van der Waals surface area contributed by atoms with Crippen LogP contribution in [0.5, 0.6) is 0 Å². The second-order valence-electron chi connectivity index (χ2n) is 3.53. The molecule has 0 atom stereocenters. The Balaban J connectivity index is 0.000000136. The van der Waals surface area contributed by atoms with Gasteiger partial charge in [0, 0.05) is 22.9 Å². The highest BCUT2D eigenvalue weighted by atomic mass is 35.5. The molecule has 17 heavy (non-hydrogen) atoms. The number of rotatable bonds is 0. The SMILES string of the molecule is Clc1ccccc1.[O-][N+]1=CC=C2C=CN=C2C1. The summed E-state index contributed by atoms with van der Waals surface area (Å²) in [6.45, 7) is 0.388. The van der Waals surface area contributed by atoms with Gasteiger partial charge in [0.25, 0.3) is 0 Å². The molecule has 2 aliphatic heterocycles. The molecule has 0 spiro atoms. The van der Waals surface area contributed by atoms with Crippen LogP contribution >= 0.6 is 11.6 Å². The van der Waals surface area contributed by atoms with Crippen molar-refractivity contribution in [2.24, 2.45) is 4.99 Å². The van der Waals surface area contributed by atoms with E-state index in [9.17, 15) is 5.21 Å². The minimum Gasteiger partial charge on any atom is -0.623 e. The van der Waals surface area contributed by atoms with Gasteiger partial charge in [0.1, 0.15) is 5.71 Å². The molecule has 0 aliphatic carbocycles. The summed E-state index contributed by atoms with van der Waals surface area (Å²) >= 11 is 5.54. The Hall–Kier alpha value is -1.87. The molecule has 0 aromatic heterocycles. The molecular formula is C13H11ClN2O. The van der Waals surface area contributed by atoms with Crippen molar-refractivity contribution in [3.05, 3.63) is 64.5 Å². The predicted molar refractivity (Wildman–Crippen MR) is 70.7 cm³/mol. The van der Waals surface area contributed by atoms with E-state index < -0.39 is 0 Å². The summed E-state index contributed by atoms with van der Waals surface area (Å²) in [5.74, 6) is 0. The third-order valence-corrected chi connectivity index (χ3v) is 2.53. The lowest BCUT2D eigenvalue weighted by molar-refractivity contribution is -0.435. The molecular weight excluding hydrogens is 236 g/mol. The van der Waals surface area contributed by atoms with Gasteiger partial charge in [0.2, 0.25) is 0 Å². The number of benzene rings is 1. The molecule has 1 aromatic rings. The number of aliphatic imine (C=N–C) groups is 1. The lowest BCUT2D eigenvalue weighted by Crippen LogP contribution is -2.20. The topological polar surface area (TPSA) is 38.4 Å². The standard InChI is InChI=1S/C7H6N2O.C6H5Cl/c10-9-4-2-6-1-3-8-7(6)5-9;7-6-4-2-1-3-5-6/h1-4H,5H2;1-5H. The van der Waals surface area contributed by atoms with Crippen molar-refractivity contribution in [2.75, 3.05) is 6.54 Å². The Kier molecular flexibility index (Phi) is 3.73. The minimum absolute atomic E-state index is 0.388. The Morgan fingerprint density at radius 1 is 1.24 bits per heavy atom. The Morgan fingerprint density at radius 2 is 2.00 bits per heavy atom. The van der Waals surface area contributed by atoms with Crippen molar-refractivity contribution < 1.29 is 4.74 Å². The van der Waals surface area contributed by atoms with Crippen molar-refractivity contribution in [3.8, 4) is 0 Å². The lowest BCUT2D eigenvalue weighted by atomic mass is 10.1. The van der Waals surface area contributed by atoms with Gasteiger partial charge in [0.05, 0.1) is 0 Å². The number of nitrogens with zero attached hydrogens (tertiary/aromatic N) is 2. The van der Waals surface area contributed by atoms with Crippen LogP contribution in [0.3, 0.4) is 0 Å². The average molecular weight is 247 g/mol. The lowest BCUT2D eigenvalue weighted by Gasteiger charge is -2.07. The minimum atomic E-state index is 0.388. The molecule has 0 unspecified atom stereocenters. The molecule has 1 aromatic carbocycles. The summed E-state index contributed by atoms with van der Waals surface area (Å²) in [5.41, 5.74) is 1.93. The van der Waals surface area contributed by atoms with Gasteiger partial charge in [-0.05, 0) is 18.2 Å². The van der Waals surface area contributed by atoms with Crippen molar-refractivity contribution in [3.63, 3.8) is 0 Å². The van der Waals surface area contributed by atoms with Crippen LogP contribution in [0.25, 0.3) is 0 Å². The van der Waals surface area contributed by atoms with E-state index in [1.54, 1.807) is 12.3 Å². The molecule has 3 rings (SSSR count). The summed E-state index contributed by atoms with van der Waals surface area (Å²) in [5, 5.41) is 11.5. The van der Waals surface area contributed by atoms with Crippen LogP contribution in [0.15, 0.2) is 59.2 Å². The zero-order chi connectivity index (χ0) is 12.1. The van der Waals surface area contributed by atoms with Gasteiger partial charge in [-0.15, -0.1) is 0 Å². The van der Waals surface area contributed by atoms with Crippen LogP contribution in [0.4, 0.5) is 0 Å². The van der Waals surface area contributed by atoms with E-state index in [-0.39, 0.29) is 0 Å². The molecule has 2 heterocycles. The van der Waals surface area contributed by atoms with E-state index in [0.717, 1.165) is 21.0 Å². The molecule has 0 radical (unpaired) electrons. The fourth-order valence-electron chi connectivity index (χ4n) is 1.44. The predicted octanol–water partition coefficient (Wildman–Crippen LogP) is 2.82. The van der Waals surface area contributed by atoms with Gasteiger partial charge in [-0.2, -0.15) is 0 Å². The largest absolute Gasteiger partial charge is 0.623 e. The van der Waals surface area contributed by atoms with Gasteiger partial charge < -0.3 is 5.21 Å². The summed E-state index contributed by atoms with van der Waals surface area (Å²) in [6, 6.07) is 9.44. The number of hydrogen-bond donors (Lipinski definition) is 0. The molecule has 3 nitrogen and oxygen atoms in total. The molecule has 0 saturated carbocycles. The van der Waals surface area contributed by atoms with E-state index >= 15 is 0 Å². The Bertz CT molecular complexity index is 515. The van der Waals surface area contributed by atoms with Gasteiger partial charge in [-0.25, -0.2) is 4.74 Å². The summed E-state index contributed by atoms with van der Waals surface area (Å²) in [4.78, 5) is 4.01. The van der Waals surface area contributed by atoms with Gasteiger partial charge >= 0.3 is 0 Å². The van der Waals surface area contributed by atoms with Crippen LogP contribution in [-0.4, -0.2) is 23.2 Å². The quantitative estimate of drug-likeness (QED) is 0.512. The van der Waals surface area contributed by atoms with E-state index in [1.165, 1.54) is 6.21 Å². The second-order valence-corrected chi connectivity index (χ2v) is 3.97. The van der Waals surface area contributed by atoms with Gasteiger partial charge in [0.15, 0.2) is 12.8 Å². The van der Waals surface area contributed by atoms with Gasteiger partial charge in [-0.1, -0.05) is 29.8 Å². The summed E-state index contributed by atoms with van der Waals surface area (Å²) in [7, 11) is 0. The third-order valence-electron chi connectivity index (χ3n) is 2.28. The maximum atomic E-state index is 10.7. The monoisotopic (exact) mass is 246 g/mol. The highest BCUT2D eigenvalue weighted by molar-refractivity contribution is 6.30.